The lowest BCUT2D eigenvalue weighted by molar-refractivity contribution is -0.129. The number of aromatic nitrogens is 3. The van der Waals surface area contributed by atoms with Gasteiger partial charge in [-0.2, -0.15) is 5.10 Å². The number of nitrogens with zero attached hydrogens (tertiary/aromatic N) is 3. The van der Waals surface area contributed by atoms with Crippen molar-refractivity contribution in [2.75, 3.05) is 13.1 Å². The number of rotatable bonds is 5. The molecule has 0 saturated carbocycles. The van der Waals surface area contributed by atoms with Crippen LogP contribution in [-0.4, -0.2) is 51.0 Å². The van der Waals surface area contributed by atoms with Crippen LogP contribution >= 0.6 is 0 Å². The molecule has 0 radical (unpaired) electrons. The number of nitrogens with one attached hydrogen (secondary N) is 2. The van der Waals surface area contributed by atoms with Gasteiger partial charge >= 0.3 is 0 Å². The molecule has 1 fully saturated rings. The Morgan fingerprint density at radius 1 is 1.13 bits per heavy atom. The van der Waals surface area contributed by atoms with Gasteiger partial charge in [0.05, 0.1) is 18.4 Å². The third kappa shape index (κ3) is 4.37. The third-order valence-electron chi connectivity index (χ3n) is 5.22. The van der Waals surface area contributed by atoms with Crippen molar-refractivity contribution in [1.29, 1.82) is 0 Å². The van der Waals surface area contributed by atoms with Gasteiger partial charge in [0.25, 0.3) is 0 Å². The molecule has 1 aromatic heterocycles. The van der Waals surface area contributed by atoms with Crippen LogP contribution in [0.3, 0.4) is 0 Å². The maximum Gasteiger partial charge on any atom is 0.227 e. The van der Waals surface area contributed by atoms with Gasteiger partial charge in [0.2, 0.25) is 11.8 Å². The van der Waals surface area contributed by atoms with Crippen LogP contribution in [0, 0.1) is 5.82 Å². The Kier molecular flexibility index (Phi) is 5.56. The fraction of sp³-hybridized carbons (Fsp3) is 0.273. The highest BCUT2D eigenvalue weighted by molar-refractivity contribution is 5.80. The molecular weight excluding hydrogens is 385 g/mol. The summed E-state index contributed by atoms with van der Waals surface area (Å²) in [6, 6.07) is 15.2. The van der Waals surface area contributed by atoms with Gasteiger partial charge in [-0.3, -0.25) is 14.7 Å². The monoisotopic (exact) mass is 407 g/mol. The molecule has 1 saturated heterocycles. The molecule has 0 bridgehead atoms. The zero-order valence-corrected chi connectivity index (χ0v) is 16.5. The lowest BCUT2D eigenvalue weighted by atomic mass is 10.0. The maximum absolute atomic E-state index is 13.1. The van der Waals surface area contributed by atoms with E-state index in [0.717, 1.165) is 11.1 Å². The van der Waals surface area contributed by atoms with Crippen LogP contribution in [0.15, 0.2) is 54.6 Å². The normalized spacial score (nSPS) is 18.4. The van der Waals surface area contributed by atoms with Crippen molar-refractivity contribution in [3.8, 4) is 11.4 Å². The van der Waals surface area contributed by atoms with E-state index in [1.807, 2.05) is 30.3 Å². The van der Waals surface area contributed by atoms with Crippen molar-refractivity contribution < 1.29 is 14.0 Å². The molecule has 4 rings (SSSR count). The molecule has 0 spiro atoms. The van der Waals surface area contributed by atoms with Gasteiger partial charge in [0.1, 0.15) is 11.6 Å². The second kappa shape index (κ2) is 8.44. The molecule has 2 heterocycles. The van der Waals surface area contributed by atoms with Crippen LogP contribution < -0.4 is 5.32 Å². The summed E-state index contributed by atoms with van der Waals surface area (Å²) in [5.74, 6) is 0.421. The zero-order valence-electron chi connectivity index (χ0n) is 16.5. The van der Waals surface area contributed by atoms with E-state index in [2.05, 4.69) is 20.5 Å². The first kappa shape index (κ1) is 19.8. The van der Waals surface area contributed by atoms with Gasteiger partial charge in [-0.15, -0.1) is 0 Å². The Morgan fingerprint density at radius 2 is 1.87 bits per heavy atom. The van der Waals surface area contributed by atoms with Gasteiger partial charge in [0, 0.05) is 25.6 Å². The van der Waals surface area contributed by atoms with E-state index in [0.29, 0.717) is 24.7 Å². The van der Waals surface area contributed by atoms with Crippen LogP contribution in [0.25, 0.3) is 11.4 Å². The second-order valence-corrected chi connectivity index (χ2v) is 7.43. The summed E-state index contributed by atoms with van der Waals surface area (Å²) in [5.41, 5.74) is 1.63. The number of likely N-dealkylation sites (tertiary alicyclic amines) is 1. The predicted molar refractivity (Wildman–Crippen MR) is 109 cm³/mol. The van der Waals surface area contributed by atoms with Crippen LogP contribution in [0.4, 0.5) is 4.39 Å². The van der Waals surface area contributed by atoms with Gasteiger partial charge in [0.15, 0.2) is 5.82 Å². The van der Waals surface area contributed by atoms with Crippen molar-refractivity contribution in [1.82, 2.24) is 25.4 Å². The predicted octanol–water partition coefficient (Wildman–Crippen LogP) is 2.28. The minimum Gasteiger partial charge on any atom is -0.351 e. The fourth-order valence-corrected chi connectivity index (χ4v) is 3.74. The Balaban J connectivity index is 1.51. The van der Waals surface area contributed by atoms with Gasteiger partial charge in [-0.25, -0.2) is 9.37 Å². The van der Waals surface area contributed by atoms with Crippen LogP contribution in [0.2, 0.25) is 0 Å². The molecule has 7 nitrogen and oxygen atoms in total. The Hall–Kier alpha value is -3.55. The summed E-state index contributed by atoms with van der Waals surface area (Å²) >= 11 is 0. The summed E-state index contributed by atoms with van der Waals surface area (Å²) in [6.07, 6.45) is 0.172. The minimum absolute atomic E-state index is 0.0812. The number of carbonyl (C=O) groups excluding carboxylic acids is 2. The molecule has 1 aliphatic heterocycles. The standard InChI is InChI=1S/C22H22FN5O2/c1-14(29)24-19-13-28(20(30)11-15-7-9-17(23)10-8-15)12-18(19)22-25-21(26-27-22)16-5-3-2-4-6-16/h2-10,18-19H,11-13H2,1H3,(H,24,29)(H,25,26,27)/t18-,19-/m1/s1. The smallest absolute Gasteiger partial charge is 0.227 e. The van der Waals surface area contributed by atoms with Crippen molar-refractivity contribution in [3.63, 3.8) is 0 Å². The first-order chi connectivity index (χ1) is 14.5. The highest BCUT2D eigenvalue weighted by Gasteiger charge is 2.38. The number of H-pyrrole nitrogens is 1. The van der Waals surface area contributed by atoms with E-state index in [4.69, 9.17) is 0 Å². The van der Waals surface area contributed by atoms with Gasteiger partial charge in [-0.1, -0.05) is 42.5 Å². The summed E-state index contributed by atoms with van der Waals surface area (Å²) in [7, 11) is 0. The van der Waals surface area contributed by atoms with Crippen molar-refractivity contribution in [2.24, 2.45) is 0 Å². The number of amides is 2. The van der Waals surface area contributed by atoms with Crippen molar-refractivity contribution >= 4 is 11.8 Å². The number of hydrogen-bond acceptors (Lipinski definition) is 4. The SMILES string of the molecule is CC(=O)N[C@@H]1CN(C(=O)Cc2ccc(F)cc2)C[C@H]1c1nc(-c2ccccc2)n[nH]1. The van der Waals surface area contributed by atoms with E-state index < -0.39 is 0 Å². The van der Waals surface area contributed by atoms with Crippen LogP contribution in [0.1, 0.15) is 24.2 Å². The molecule has 0 aliphatic carbocycles. The Morgan fingerprint density at radius 3 is 2.57 bits per heavy atom. The quantitative estimate of drug-likeness (QED) is 0.679. The molecule has 8 heteroatoms. The molecule has 2 atom stereocenters. The first-order valence-corrected chi connectivity index (χ1v) is 9.76. The highest BCUT2D eigenvalue weighted by Crippen LogP contribution is 2.27. The number of carbonyl (C=O) groups is 2. The molecule has 3 aromatic rings. The van der Waals surface area contributed by atoms with Crippen molar-refractivity contribution in [2.45, 2.75) is 25.3 Å². The summed E-state index contributed by atoms with van der Waals surface area (Å²) in [6.45, 7) is 2.25. The molecule has 2 aromatic carbocycles. The van der Waals surface area contributed by atoms with E-state index in [9.17, 15) is 14.0 Å². The lowest BCUT2D eigenvalue weighted by Gasteiger charge is -2.17. The van der Waals surface area contributed by atoms with Gasteiger partial charge in [-0.05, 0) is 17.7 Å². The summed E-state index contributed by atoms with van der Waals surface area (Å²) in [5, 5.41) is 10.2. The number of benzene rings is 2. The zero-order chi connectivity index (χ0) is 21.1. The third-order valence-corrected chi connectivity index (χ3v) is 5.22. The maximum atomic E-state index is 13.1. The van der Waals surface area contributed by atoms with Gasteiger partial charge < -0.3 is 10.2 Å². The summed E-state index contributed by atoms with van der Waals surface area (Å²) in [4.78, 5) is 30.8. The number of aromatic amines is 1. The van der Waals surface area contributed by atoms with E-state index in [-0.39, 0.29) is 36.0 Å². The number of hydrogen-bond donors (Lipinski definition) is 2. The summed E-state index contributed by atoms with van der Waals surface area (Å²) < 4.78 is 13.1. The highest BCUT2D eigenvalue weighted by atomic mass is 19.1. The van der Waals surface area contributed by atoms with Crippen LogP contribution in [0.5, 0.6) is 0 Å². The average molecular weight is 407 g/mol. The molecule has 30 heavy (non-hydrogen) atoms. The van der Waals surface area contributed by atoms with Crippen LogP contribution in [-0.2, 0) is 16.0 Å². The molecule has 2 amide bonds. The van der Waals surface area contributed by atoms with E-state index in [1.165, 1.54) is 19.1 Å². The molecule has 2 N–H and O–H groups in total. The molecule has 154 valence electrons. The number of halogens is 1. The van der Waals surface area contributed by atoms with E-state index in [1.54, 1.807) is 17.0 Å². The first-order valence-electron chi connectivity index (χ1n) is 9.76. The largest absolute Gasteiger partial charge is 0.351 e. The fourth-order valence-electron chi connectivity index (χ4n) is 3.74. The average Bonchev–Trinajstić information content (AvgIpc) is 3.37. The molecular formula is C22H22FN5O2. The molecule has 0 unspecified atom stereocenters. The van der Waals surface area contributed by atoms with Crippen molar-refractivity contribution in [3.05, 3.63) is 71.8 Å². The molecule has 1 aliphatic rings. The Labute approximate surface area is 173 Å². The minimum atomic E-state index is -0.335. The van der Waals surface area contributed by atoms with E-state index >= 15 is 0 Å². The second-order valence-electron chi connectivity index (χ2n) is 7.43. The lowest BCUT2D eigenvalue weighted by Crippen LogP contribution is -2.39. The topological polar surface area (TPSA) is 91.0 Å². The Bertz CT molecular complexity index is 1040.